The van der Waals surface area contributed by atoms with Gasteiger partial charge in [-0.25, -0.2) is 4.98 Å². The van der Waals surface area contributed by atoms with E-state index in [2.05, 4.69) is 20.5 Å². The molecule has 27 heavy (non-hydrogen) atoms. The van der Waals surface area contributed by atoms with E-state index in [9.17, 15) is 4.79 Å². The summed E-state index contributed by atoms with van der Waals surface area (Å²) >= 11 is 6.35. The molecule has 1 aliphatic heterocycles. The Balaban J connectivity index is 0.00000182. The fraction of sp³-hybridized carbons (Fsp3) is 0.333. The second kappa shape index (κ2) is 11.3. The second-order valence-corrected chi connectivity index (χ2v) is 6.36. The summed E-state index contributed by atoms with van der Waals surface area (Å²) in [7, 11) is 0. The number of pyridine rings is 1. The summed E-state index contributed by atoms with van der Waals surface area (Å²) in [5.74, 6) is 0.499. The van der Waals surface area contributed by atoms with E-state index in [0.29, 0.717) is 17.1 Å². The molecule has 0 saturated carbocycles. The molecule has 1 amide bonds. The van der Waals surface area contributed by atoms with Gasteiger partial charge in [0.1, 0.15) is 5.82 Å². The number of rotatable bonds is 5. The minimum atomic E-state index is -0.229. The first kappa shape index (κ1) is 23.5. The zero-order valence-corrected chi connectivity index (χ0v) is 17.2. The summed E-state index contributed by atoms with van der Waals surface area (Å²) in [6, 6.07) is 9.33. The van der Waals surface area contributed by atoms with E-state index in [1.165, 1.54) is 0 Å². The van der Waals surface area contributed by atoms with E-state index in [1.54, 1.807) is 12.3 Å². The molecule has 0 unspecified atom stereocenters. The van der Waals surface area contributed by atoms with Crippen molar-refractivity contribution in [2.75, 3.05) is 42.9 Å². The van der Waals surface area contributed by atoms with Crippen molar-refractivity contribution in [3.8, 4) is 0 Å². The van der Waals surface area contributed by atoms with Gasteiger partial charge in [-0.3, -0.25) is 4.79 Å². The molecule has 1 aromatic carbocycles. The second-order valence-electron chi connectivity index (χ2n) is 5.96. The lowest BCUT2D eigenvalue weighted by Gasteiger charge is -2.29. The van der Waals surface area contributed by atoms with Crippen LogP contribution in [0.25, 0.3) is 0 Å². The van der Waals surface area contributed by atoms with Gasteiger partial charge in [0.2, 0.25) is 0 Å². The molecule has 0 radical (unpaired) electrons. The highest BCUT2D eigenvalue weighted by Gasteiger charge is 2.17. The maximum Gasteiger partial charge on any atom is 0.257 e. The maximum atomic E-state index is 12.4. The molecular formula is C18H24Cl3N5O. The number of benzene rings is 1. The molecular weight excluding hydrogens is 409 g/mol. The SMILES string of the molecule is Cl.Cl.NCCc1ccc(NC(=O)c2cnc(N3CCNCC3)c(Cl)c2)cc1. The van der Waals surface area contributed by atoms with Crippen molar-refractivity contribution in [2.24, 2.45) is 5.73 Å². The van der Waals surface area contributed by atoms with Crippen molar-refractivity contribution < 1.29 is 4.79 Å². The molecule has 2 aromatic rings. The van der Waals surface area contributed by atoms with Crippen LogP contribution in [0.1, 0.15) is 15.9 Å². The zero-order valence-electron chi connectivity index (χ0n) is 14.8. The topological polar surface area (TPSA) is 83.3 Å². The summed E-state index contributed by atoms with van der Waals surface area (Å²) in [4.78, 5) is 18.9. The lowest BCUT2D eigenvalue weighted by molar-refractivity contribution is 0.102. The molecule has 0 spiro atoms. The summed E-state index contributed by atoms with van der Waals surface area (Å²) in [6.45, 7) is 4.12. The Morgan fingerprint density at radius 1 is 1.22 bits per heavy atom. The number of piperazine rings is 1. The van der Waals surface area contributed by atoms with Crippen LogP contribution >= 0.6 is 36.4 Å². The number of nitrogens with zero attached hydrogens (tertiary/aromatic N) is 2. The van der Waals surface area contributed by atoms with Gasteiger partial charge in [0, 0.05) is 38.1 Å². The van der Waals surface area contributed by atoms with Crippen LogP contribution in [0.3, 0.4) is 0 Å². The van der Waals surface area contributed by atoms with Crippen molar-refractivity contribution in [2.45, 2.75) is 6.42 Å². The number of hydrogen-bond donors (Lipinski definition) is 3. The fourth-order valence-electron chi connectivity index (χ4n) is 2.79. The smallest absolute Gasteiger partial charge is 0.257 e. The van der Waals surface area contributed by atoms with Crippen LogP contribution in [0, 0.1) is 0 Å². The third-order valence-electron chi connectivity index (χ3n) is 4.15. The number of aromatic nitrogens is 1. The van der Waals surface area contributed by atoms with E-state index < -0.39 is 0 Å². The van der Waals surface area contributed by atoms with Crippen molar-refractivity contribution in [3.63, 3.8) is 0 Å². The highest BCUT2D eigenvalue weighted by molar-refractivity contribution is 6.33. The predicted molar refractivity (Wildman–Crippen MR) is 116 cm³/mol. The van der Waals surface area contributed by atoms with Crippen LogP contribution in [-0.4, -0.2) is 43.6 Å². The quantitative estimate of drug-likeness (QED) is 0.676. The van der Waals surface area contributed by atoms with E-state index >= 15 is 0 Å². The van der Waals surface area contributed by atoms with E-state index in [1.807, 2.05) is 24.3 Å². The molecule has 3 rings (SSSR count). The summed E-state index contributed by atoms with van der Waals surface area (Å²) in [5.41, 5.74) is 7.85. The van der Waals surface area contributed by atoms with E-state index in [-0.39, 0.29) is 30.7 Å². The van der Waals surface area contributed by atoms with Gasteiger partial charge < -0.3 is 21.3 Å². The average Bonchev–Trinajstić information content (AvgIpc) is 2.64. The minimum absolute atomic E-state index is 0. The molecule has 0 aliphatic carbocycles. The monoisotopic (exact) mass is 431 g/mol. The van der Waals surface area contributed by atoms with Crippen LogP contribution in [0.2, 0.25) is 5.02 Å². The van der Waals surface area contributed by atoms with Crippen molar-refractivity contribution in [1.82, 2.24) is 10.3 Å². The van der Waals surface area contributed by atoms with Crippen LogP contribution in [0.4, 0.5) is 11.5 Å². The van der Waals surface area contributed by atoms with Gasteiger partial charge in [-0.1, -0.05) is 23.7 Å². The molecule has 6 nitrogen and oxygen atoms in total. The number of carbonyl (C=O) groups is 1. The zero-order chi connectivity index (χ0) is 17.6. The molecule has 9 heteroatoms. The first-order chi connectivity index (χ1) is 12.2. The third-order valence-corrected chi connectivity index (χ3v) is 4.42. The molecule has 1 aromatic heterocycles. The number of nitrogens with two attached hydrogens (primary N) is 1. The van der Waals surface area contributed by atoms with Gasteiger partial charge in [-0.05, 0) is 36.7 Å². The summed E-state index contributed by atoms with van der Waals surface area (Å²) in [6.07, 6.45) is 2.39. The van der Waals surface area contributed by atoms with Crippen molar-refractivity contribution >= 4 is 53.8 Å². The molecule has 0 atom stereocenters. The molecule has 0 bridgehead atoms. The Labute approximate surface area is 176 Å². The van der Waals surface area contributed by atoms with Gasteiger partial charge in [0.15, 0.2) is 0 Å². The maximum absolute atomic E-state index is 12.4. The molecule has 1 saturated heterocycles. The number of halogens is 3. The van der Waals surface area contributed by atoms with Crippen LogP contribution in [-0.2, 0) is 6.42 Å². The normalized spacial score (nSPS) is 13.3. The largest absolute Gasteiger partial charge is 0.353 e. The van der Waals surface area contributed by atoms with Crippen LogP contribution in [0.15, 0.2) is 36.5 Å². The highest BCUT2D eigenvalue weighted by atomic mass is 35.5. The summed E-state index contributed by atoms with van der Waals surface area (Å²) < 4.78 is 0. The van der Waals surface area contributed by atoms with Gasteiger partial charge in [0.05, 0.1) is 10.6 Å². The number of hydrogen-bond acceptors (Lipinski definition) is 5. The van der Waals surface area contributed by atoms with Gasteiger partial charge in [0.25, 0.3) is 5.91 Å². The lowest BCUT2D eigenvalue weighted by Crippen LogP contribution is -2.44. The summed E-state index contributed by atoms with van der Waals surface area (Å²) in [5, 5.41) is 6.64. The number of amides is 1. The lowest BCUT2D eigenvalue weighted by atomic mass is 10.1. The number of carbonyl (C=O) groups excluding carboxylic acids is 1. The molecule has 1 fully saturated rings. The molecule has 148 valence electrons. The van der Waals surface area contributed by atoms with E-state index in [4.69, 9.17) is 17.3 Å². The van der Waals surface area contributed by atoms with Gasteiger partial charge in [-0.15, -0.1) is 24.8 Å². The molecule has 1 aliphatic rings. The first-order valence-electron chi connectivity index (χ1n) is 8.39. The Morgan fingerprint density at radius 2 is 1.89 bits per heavy atom. The molecule has 4 N–H and O–H groups in total. The van der Waals surface area contributed by atoms with E-state index in [0.717, 1.165) is 49.7 Å². The van der Waals surface area contributed by atoms with Crippen LogP contribution < -0.4 is 21.3 Å². The highest BCUT2D eigenvalue weighted by Crippen LogP contribution is 2.24. The van der Waals surface area contributed by atoms with Gasteiger partial charge >= 0.3 is 0 Å². The number of anilines is 2. The fourth-order valence-corrected chi connectivity index (χ4v) is 3.07. The Kier molecular flexibility index (Phi) is 9.83. The predicted octanol–water partition coefficient (Wildman–Crippen LogP) is 2.74. The standard InChI is InChI=1S/C18H22ClN5O.2ClH/c19-16-11-14(12-22-17(16)24-9-7-21-8-10-24)18(25)23-15-3-1-13(2-4-15)5-6-20;;/h1-4,11-12,21H,5-10,20H2,(H,23,25);2*1H. The van der Waals surface area contributed by atoms with Gasteiger partial charge in [-0.2, -0.15) is 0 Å². The number of nitrogens with one attached hydrogen (secondary N) is 2. The minimum Gasteiger partial charge on any atom is -0.353 e. The van der Waals surface area contributed by atoms with Crippen LogP contribution in [0.5, 0.6) is 0 Å². The first-order valence-corrected chi connectivity index (χ1v) is 8.77. The van der Waals surface area contributed by atoms with Crippen molar-refractivity contribution in [1.29, 1.82) is 0 Å². The average molecular weight is 433 g/mol. The Hall–Kier alpha value is -1.57. The third kappa shape index (κ3) is 6.23. The molecule has 2 heterocycles. The Bertz CT molecular complexity index is 736. The Morgan fingerprint density at radius 3 is 2.48 bits per heavy atom. The van der Waals surface area contributed by atoms with Crippen molar-refractivity contribution in [3.05, 3.63) is 52.7 Å².